The molecule has 110 valence electrons. The van der Waals surface area contributed by atoms with E-state index < -0.39 is 0 Å². The third-order valence-corrected chi connectivity index (χ3v) is 3.33. The Balaban J connectivity index is 2.35. The second kappa shape index (κ2) is 6.00. The van der Waals surface area contributed by atoms with Crippen LogP contribution in [0.5, 0.6) is 11.5 Å². The Morgan fingerprint density at radius 2 is 1.71 bits per heavy atom. The zero-order valence-corrected chi connectivity index (χ0v) is 12.9. The molecule has 0 aromatic heterocycles. The minimum atomic E-state index is 0.0187. The highest BCUT2D eigenvalue weighted by Crippen LogP contribution is 2.36. The van der Waals surface area contributed by atoms with Gasteiger partial charge in [-0.25, -0.2) is 0 Å². The van der Waals surface area contributed by atoms with Crippen LogP contribution in [0.4, 0.5) is 0 Å². The number of rotatable bonds is 3. The standard InChI is InChI=1S/C18H21NO2/c1-13-6-5-7-16(18(2,3)4)17(13)21-15-10-8-14(9-11-15)12-19-20/h5-12,20H,1-4H3. The molecular formula is C18H21NO2. The molecule has 0 unspecified atom stereocenters. The Kier molecular flexibility index (Phi) is 4.32. The summed E-state index contributed by atoms with van der Waals surface area (Å²) in [6, 6.07) is 13.7. The van der Waals surface area contributed by atoms with Gasteiger partial charge < -0.3 is 9.94 Å². The molecule has 0 heterocycles. The Morgan fingerprint density at radius 1 is 1.05 bits per heavy atom. The van der Waals surface area contributed by atoms with Crippen LogP contribution in [-0.2, 0) is 5.41 Å². The zero-order valence-electron chi connectivity index (χ0n) is 12.9. The van der Waals surface area contributed by atoms with Crippen LogP contribution in [0, 0.1) is 6.92 Å². The van der Waals surface area contributed by atoms with E-state index in [9.17, 15) is 0 Å². The smallest absolute Gasteiger partial charge is 0.134 e. The third kappa shape index (κ3) is 3.63. The Bertz CT molecular complexity index is 637. The van der Waals surface area contributed by atoms with Gasteiger partial charge >= 0.3 is 0 Å². The lowest BCUT2D eigenvalue weighted by atomic mass is 9.85. The molecule has 2 aromatic carbocycles. The maximum absolute atomic E-state index is 8.52. The van der Waals surface area contributed by atoms with Crippen molar-refractivity contribution in [3.05, 3.63) is 59.2 Å². The van der Waals surface area contributed by atoms with Crippen LogP contribution in [0.15, 0.2) is 47.6 Å². The van der Waals surface area contributed by atoms with Gasteiger partial charge in [0.15, 0.2) is 0 Å². The van der Waals surface area contributed by atoms with Crippen LogP contribution < -0.4 is 4.74 Å². The molecule has 0 saturated carbocycles. The molecule has 2 rings (SSSR count). The highest BCUT2D eigenvalue weighted by molar-refractivity contribution is 5.79. The van der Waals surface area contributed by atoms with E-state index in [1.165, 1.54) is 11.8 Å². The number of para-hydroxylation sites is 1. The molecule has 0 fully saturated rings. The average Bonchev–Trinajstić information content (AvgIpc) is 2.42. The number of ether oxygens (including phenoxy) is 1. The van der Waals surface area contributed by atoms with Crippen molar-refractivity contribution in [3.63, 3.8) is 0 Å². The molecule has 0 spiro atoms. The van der Waals surface area contributed by atoms with Gasteiger partial charge in [0.2, 0.25) is 0 Å². The summed E-state index contributed by atoms with van der Waals surface area (Å²) in [6.45, 7) is 8.58. The summed E-state index contributed by atoms with van der Waals surface area (Å²) in [5.74, 6) is 1.68. The van der Waals surface area contributed by atoms with Crippen LogP contribution in [0.1, 0.15) is 37.5 Å². The molecule has 3 heteroatoms. The number of benzene rings is 2. The van der Waals surface area contributed by atoms with E-state index >= 15 is 0 Å². The first kappa shape index (κ1) is 15.1. The highest BCUT2D eigenvalue weighted by Gasteiger charge is 2.20. The van der Waals surface area contributed by atoms with E-state index in [1.54, 1.807) is 0 Å². The SMILES string of the molecule is Cc1cccc(C(C)(C)C)c1Oc1ccc(C=NO)cc1. The maximum Gasteiger partial charge on any atom is 0.134 e. The normalized spacial score (nSPS) is 11.8. The molecule has 0 bridgehead atoms. The van der Waals surface area contributed by atoms with Crippen molar-refractivity contribution in [1.82, 2.24) is 0 Å². The minimum Gasteiger partial charge on any atom is -0.457 e. The molecule has 1 N–H and O–H groups in total. The second-order valence-corrected chi connectivity index (χ2v) is 6.12. The first-order chi connectivity index (χ1) is 9.91. The van der Waals surface area contributed by atoms with E-state index in [4.69, 9.17) is 9.94 Å². The van der Waals surface area contributed by atoms with Crippen molar-refractivity contribution >= 4 is 6.21 Å². The van der Waals surface area contributed by atoms with Gasteiger partial charge in [-0.2, -0.15) is 0 Å². The lowest BCUT2D eigenvalue weighted by molar-refractivity contribution is 0.322. The summed E-state index contributed by atoms with van der Waals surface area (Å²) in [5, 5.41) is 11.5. The van der Waals surface area contributed by atoms with E-state index in [1.807, 2.05) is 24.3 Å². The van der Waals surface area contributed by atoms with E-state index in [0.717, 1.165) is 22.6 Å². The third-order valence-electron chi connectivity index (χ3n) is 3.33. The average molecular weight is 283 g/mol. The fourth-order valence-electron chi connectivity index (χ4n) is 2.18. The van der Waals surface area contributed by atoms with Gasteiger partial charge in [-0.1, -0.05) is 44.1 Å². The Morgan fingerprint density at radius 3 is 2.29 bits per heavy atom. The summed E-state index contributed by atoms with van der Waals surface area (Å²) in [7, 11) is 0. The molecule has 3 nitrogen and oxygen atoms in total. The van der Waals surface area contributed by atoms with Crippen LogP contribution in [0.2, 0.25) is 0 Å². The molecule has 0 aliphatic rings. The fourth-order valence-corrected chi connectivity index (χ4v) is 2.18. The van der Waals surface area contributed by atoms with E-state index in [2.05, 4.69) is 51.0 Å². The van der Waals surface area contributed by atoms with Gasteiger partial charge in [-0.3, -0.25) is 0 Å². The van der Waals surface area contributed by atoms with Crippen molar-refractivity contribution in [2.24, 2.45) is 5.16 Å². The molecular weight excluding hydrogens is 262 g/mol. The topological polar surface area (TPSA) is 41.8 Å². The highest BCUT2D eigenvalue weighted by atomic mass is 16.5. The Labute approximate surface area is 125 Å². The van der Waals surface area contributed by atoms with Crippen LogP contribution in [0.25, 0.3) is 0 Å². The van der Waals surface area contributed by atoms with Gasteiger partial charge in [0.1, 0.15) is 11.5 Å². The molecule has 2 aromatic rings. The summed E-state index contributed by atoms with van der Waals surface area (Å²) < 4.78 is 6.09. The maximum atomic E-state index is 8.52. The number of oxime groups is 1. The van der Waals surface area contributed by atoms with Crippen molar-refractivity contribution < 1.29 is 9.94 Å². The molecule has 0 aliphatic carbocycles. The van der Waals surface area contributed by atoms with Gasteiger partial charge in [-0.15, -0.1) is 0 Å². The Hall–Kier alpha value is -2.29. The first-order valence-electron chi connectivity index (χ1n) is 6.97. The zero-order chi connectivity index (χ0) is 15.5. The van der Waals surface area contributed by atoms with Gasteiger partial charge in [0.05, 0.1) is 6.21 Å². The fraction of sp³-hybridized carbons (Fsp3) is 0.278. The molecule has 0 aliphatic heterocycles. The second-order valence-electron chi connectivity index (χ2n) is 6.12. The van der Waals surface area contributed by atoms with Crippen molar-refractivity contribution in [2.75, 3.05) is 0 Å². The number of hydrogen-bond acceptors (Lipinski definition) is 3. The van der Waals surface area contributed by atoms with Crippen LogP contribution in [0.3, 0.4) is 0 Å². The first-order valence-corrected chi connectivity index (χ1v) is 6.97. The lowest BCUT2D eigenvalue weighted by Gasteiger charge is -2.24. The predicted octanol–water partition coefficient (Wildman–Crippen LogP) is 4.89. The van der Waals surface area contributed by atoms with Crippen molar-refractivity contribution in [2.45, 2.75) is 33.1 Å². The summed E-state index contributed by atoms with van der Waals surface area (Å²) in [4.78, 5) is 0. The van der Waals surface area contributed by atoms with Crippen molar-refractivity contribution in [3.8, 4) is 11.5 Å². The van der Waals surface area contributed by atoms with E-state index in [0.29, 0.717) is 0 Å². The van der Waals surface area contributed by atoms with Gasteiger partial charge in [-0.05, 0) is 47.7 Å². The van der Waals surface area contributed by atoms with E-state index in [-0.39, 0.29) is 5.41 Å². The summed E-state index contributed by atoms with van der Waals surface area (Å²) in [5.41, 5.74) is 3.14. The number of hydrogen-bond donors (Lipinski definition) is 1. The van der Waals surface area contributed by atoms with Crippen LogP contribution in [-0.4, -0.2) is 11.4 Å². The summed E-state index contributed by atoms with van der Waals surface area (Å²) in [6.07, 6.45) is 1.39. The quantitative estimate of drug-likeness (QED) is 0.495. The number of aryl methyl sites for hydroxylation is 1. The lowest BCUT2D eigenvalue weighted by Crippen LogP contribution is -2.13. The molecule has 21 heavy (non-hydrogen) atoms. The van der Waals surface area contributed by atoms with Crippen molar-refractivity contribution in [1.29, 1.82) is 0 Å². The largest absolute Gasteiger partial charge is 0.457 e. The minimum absolute atomic E-state index is 0.0187. The predicted molar refractivity (Wildman–Crippen MR) is 85.8 cm³/mol. The summed E-state index contributed by atoms with van der Waals surface area (Å²) >= 11 is 0. The monoisotopic (exact) mass is 283 g/mol. The molecule has 0 amide bonds. The molecule has 0 atom stereocenters. The molecule has 0 radical (unpaired) electrons. The molecule has 0 saturated heterocycles. The van der Waals surface area contributed by atoms with Crippen LogP contribution >= 0.6 is 0 Å². The van der Waals surface area contributed by atoms with Gasteiger partial charge in [0, 0.05) is 5.56 Å². The number of nitrogens with zero attached hydrogens (tertiary/aromatic N) is 1. The van der Waals surface area contributed by atoms with Gasteiger partial charge in [0.25, 0.3) is 0 Å².